The molecule has 4 saturated carbocycles. The number of benzene rings is 2. The van der Waals surface area contributed by atoms with Gasteiger partial charge in [0, 0.05) is 17.3 Å². The molecule has 6 aliphatic rings. The van der Waals surface area contributed by atoms with E-state index in [9.17, 15) is 13.2 Å². The Morgan fingerprint density at radius 3 is 2.53 bits per heavy atom. The van der Waals surface area contributed by atoms with Crippen molar-refractivity contribution < 1.29 is 17.9 Å². The molecule has 0 spiro atoms. The second kappa shape index (κ2) is 7.83. The summed E-state index contributed by atoms with van der Waals surface area (Å²) in [4.78, 5) is 12.9. The highest BCUT2D eigenvalue weighted by molar-refractivity contribution is 7.89. The molecule has 1 aliphatic heterocycles. The molecule has 4 bridgehead atoms. The zero-order valence-electron chi connectivity index (χ0n) is 20.0. The third-order valence-electron chi connectivity index (χ3n) is 9.39. The minimum atomic E-state index is -3.76. The molecule has 8 heteroatoms. The summed E-state index contributed by atoms with van der Waals surface area (Å²) in [5.41, 5.74) is 3.51. The molecule has 7 nitrogen and oxygen atoms in total. The van der Waals surface area contributed by atoms with Gasteiger partial charge in [0.2, 0.25) is 10.0 Å². The maximum atomic E-state index is 12.8. The number of carbonyl (C=O) groups is 1. The van der Waals surface area contributed by atoms with E-state index in [1.54, 1.807) is 18.2 Å². The van der Waals surface area contributed by atoms with E-state index in [0.717, 1.165) is 53.6 Å². The van der Waals surface area contributed by atoms with Gasteiger partial charge in [-0.15, -0.1) is 0 Å². The molecule has 4 N–H and O–H groups in total. The number of hydrogen-bond acceptors (Lipinski definition) is 5. The topological polar surface area (TPSA) is 111 Å². The Kier molecular flexibility index (Phi) is 4.86. The normalized spacial score (nSPS) is 35.2. The van der Waals surface area contributed by atoms with Gasteiger partial charge in [-0.1, -0.05) is 24.3 Å². The first-order valence-corrected chi connectivity index (χ1v) is 14.5. The van der Waals surface area contributed by atoms with Crippen LogP contribution >= 0.6 is 0 Å². The third-order valence-corrected chi connectivity index (χ3v) is 10.3. The second-order valence-corrected chi connectivity index (χ2v) is 13.1. The van der Waals surface area contributed by atoms with Crippen molar-refractivity contribution in [2.24, 2.45) is 28.8 Å². The molecule has 2 aromatic rings. The quantitative estimate of drug-likeness (QED) is 0.489. The predicted molar refractivity (Wildman–Crippen MR) is 137 cm³/mol. The van der Waals surface area contributed by atoms with E-state index in [2.05, 4.69) is 22.8 Å². The summed E-state index contributed by atoms with van der Waals surface area (Å²) in [6.45, 7) is 0. The lowest BCUT2D eigenvalue weighted by Crippen LogP contribution is -2.38. The maximum Gasteiger partial charge on any atom is 0.412 e. The monoisotopic (exact) mass is 505 g/mol. The van der Waals surface area contributed by atoms with E-state index in [1.165, 1.54) is 19.3 Å². The summed E-state index contributed by atoms with van der Waals surface area (Å²) in [6, 6.07) is 13.1. The van der Waals surface area contributed by atoms with Crippen LogP contribution in [0.3, 0.4) is 0 Å². The van der Waals surface area contributed by atoms with E-state index < -0.39 is 10.0 Å². The number of rotatable bonds is 4. The largest absolute Gasteiger partial charge is 0.442 e. The second-order valence-electron chi connectivity index (χ2n) is 11.5. The van der Waals surface area contributed by atoms with Crippen molar-refractivity contribution in [1.29, 1.82) is 0 Å². The average molecular weight is 506 g/mol. The zero-order valence-corrected chi connectivity index (χ0v) is 20.8. The van der Waals surface area contributed by atoms with Crippen LogP contribution in [0.1, 0.15) is 61.6 Å². The number of amides is 1. The first-order valence-electron chi connectivity index (χ1n) is 13.0. The lowest BCUT2D eigenvalue weighted by Gasteiger charge is -2.37. The van der Waals surface area contributed by atoms with E-state index >= 15 is 0 Å². The number of hydrogen-bond donors (Lipinski definition) is 3. The summed E-state index contributed by atoms with van der Waals surface area (Å²) >= 11 is 0. The maximum absolute atomic E-state index is 12.8. The Morgan fingerprint density at radius 1 is 1.06 bits per heavy atom. The molecule has 1 amide bonds. The highest BCUT2D eigenvalue weighted by atomic mass is 32.2. The predicted octanol–water partition coefficient (Wildman–Crippen LogP) is 5.29. The van der Waals surface area contributed by atoms with Crippen molar-refractivity contribution in [3.63, 3.8) is 0 Å². The highest BCUT2D eigenvalue weighted by Gasteiger charge is 2.60. The van der Waals surface area contributed by atoms with Crippen molar-refractivity contribution in [1.82, 2.24) is 0 Å². The van der Waals surface area contributed by atoms with Crippen LogP contribution in [0.25, 0.3) is 0 Å². The first kappa shape index (κ1) is 22.4. The number of fused-ring (bicyclic) bond motifs is 3. The Morgan fingerprint density at radius 2 is 1.81 bits per heavy atom. The molecule has 0 aromatic heterocycles. The molecule has 0 radical (unpaired) electrons. The molecule has 1 heterocycles. The Bertz CT molecular complexity index is 1360. The molecule has 0 saturated heterocycles. The number of carbonyl (C=O) groups excluding carboxylic acids is 1. The van der Waals surface area contributed by atoms with Gasteiger partial charge in [-0.2, -0.15) is 0 Å². The molecule has 8 rings (SSSR count). The third kappa shape index (κ3) is 3.57. The molecule has 5 atom stereocenters. The molecular formula is C28H31N3O4S. The molecular weight excluding hydrogens is 474 g/mol. The van der Waals surface area contributed by atoms with Gasteiger partial charge in [-0.3, -0.25) is 5.32 Å². The van der Waals surface area contributed by atoms with Crippen LogP contribution in [0.5, 0.6) is 0 Å². The lowest BCUT2D eigenvalue weighted by atomic mass is 9.77. The number of primary sulfonamides is 1. The van der Waals surface area contributed by atoms with Crippen LogP contribution in [-0.4, -0.2) is 20.1 Å². The van der Waals surface area contributed by atoms with Crippen LogP contribution in [0, 0.1) is 23.7 Å². The molecule has 5 aliphatic carbocycles. The number of nitrogens with two attached hydrogens (primary N) is 1. The van der Waals surface area contributed by atoms with Crippen molar-refractivity contribution in [3.05, 3.63) is 65.7 Å². The van der Waals surface area contributed by atoms with Crippen molar-refractivity contribution in [2.45, 2.75) is 61.0 Å². The van der Waals surface area contributed by atoms with E-state index in [4.69, 9.17) is 9.88 Å². The average Bonchev–Trinajstić information content (AvgIpc) is 3.47. The summed E-state index contributed by atoms with van der Waals surface area (Å²) in [7, 11) is -3.76. The zero-order chi connectivity index (χ0) is 24.7. The fourth-order valence-electron chi connectivity index (χ4n) is 8.07. The van der Waals surface area contributed by atoms with Crippen LogP contribution in [0.15, 0.2) is 59.5 Å². The van der Waals surface area contributed by atoms with Gasteiger partial charge in [0.1, 0.15) is 5.60 Å². The van der Waals surface area contributed by atoms with Gasteiger partial charge in [0.15, 0.2) is 0 Å². The molecule has 36 heavy (non-hydrogen) atoms. The van der Waals surface area contributed by atoms with E-state index in [-0.39, 0.29) is 34.5 Å². The van der Waals surface area contributed by atoms with Gasteiger partial charge in [-0.25, -0.2) is 18.4 Å². The minimum absolute atomic E-state index is 0.0715. The van der Waals surface area contributed by atoms with Crippen LogP contribution in [0.4, 0.5) is 16.2 Å². The van der Waals surface area contributed by atoms with Crippen molar-refractivity contribution in [2.75, 3.05) is 10.6 Å². The first-order chi connectivity index (χ1) is 17.3. The smallest absolute Gasteiger partial charge is 0.412 e. The number of allylic oxidation sites excluding steroid dienone is 2. The fourth-order valence-corrected chi connectivity index (χ4v) is 8.62. The SMILES string of the molecule is NS(=O)(=O)c1ccc2c(c1)[C@H]1C=CC[C@H]1[C@@H](c1ccc(NC(=O)OC34CC5CC(CC3C5)C4)cc1)N2. The highest BCUT2D eigenvalue weighted by Crippen LogP contribution is 2.62. The van der Waals surface area contributed by atoms with Crippen LogP contribution in [-0.2, 0) is 14.8 Å². The number of nitrogens with one attached hydrogen (secondary N) is 2. The summed E-state index contributed by atoms with van der Waals surface area (Å²) in [6.07, 6.45) is 10.7. The van der Waals surface area contributed by atoms with Gasteiger partial charge < -0.3 is 10.1 Å². The van der Waals surface area contributed by atoms with E-state index in [1.807, 2.05) is 24.3 Å². The standard InChI is InChI=1S/C28H31N3O4S/c29-36(33,34)21-8-9-25-24(13-21)22-2-1-3-23(22)26(31-25)18-4-6-20(7-5-18)30-27(32)35-28-14-16-10-17(15-28)12-19(28)11-16/h1-2,4-9,13,16-17,19,22-23,26,31H,3,10-12,14-15H2,(H,30,32)(H2,29,33,34)/t16?,17?,19?,22-,23+,26+,28?/m0/s1. The Labute approximate surface area is 211 Å². The van der Waals surface area contributed by atoms with Crippen molar-refractivity contribution in [3.8, 4) is 0 Å². The van der Waals surface area contributed by atoms with Gasteiger partial charge in [0.05, 0.1) is 10.9 Å². The molecule has 2 aromatic carbocycles. The molecule has 188 valence electrons. The van der Waals surface area contributed by atoms with Gasteiger partial charge in [0.25, 0.3) is 0 Å². The number of sulfonamides is 1. The summed E-state index contributed by atoms with van der Waals surface area (Å²) < 4.78 is 29.8. The number of anilines is 2. The summed E-state index contributed by atoms with van der Waals surface area (Å²) in [5, 5.41) is 11.9. The Balaban J connectivity index is 1.07. The summed E-state index contributed by atoms with van der Waals surface area (Å²) in [5.74, 6) is 2.41. The van der Waals surface area contributed by atoms with Crippen molar-refractivity contribution >= 4 is 27.5 Å². The lowest BCUT2D eigenvalue weighted by molar-refractivity contribution is -0.00473. The van der Waals surface area contributed by atoms with Gasteiger partial charge in [-0.05, 0) is 104 Å². The van der Waals surface area contributed by atoms with Gasteiger partial charge >= 0.3 is 6.09 Å². The molecule has 2 unspecified atom stereocenters. The van der Waals surface area contributed by atoms with Crippen LogP contribution in [0.2, 0.25) is 0 Å². The molecule has 4 fully saturated rings. The van der Waals surface area contributed by atoms with E-state index in [0.29, 0.717) is 5.92 Å². The minimum Gasteiger partial charge on any atom is -0.442 e. The Hall–Kier alpha value is -2.84. The number of ether oxygens (including phenoxy) is 1. The fraction of sp³-hybridized carbons (Fsp3) is 0.464. The van der Waals surface area contributed by atoms with Crippen LogP contribution < -0.4 is 15.8 Å².